The molecule has 0 aliphatic carbocycles. The van der Waals surface area contributed by atoms with Gasteiger partial charge in [0.1, 0.15) is 11.7 Å². The monoisotopic (exact) mass is 449 g/mol. The Hall–Kier alpha value is -3.26. The molecule has 2 amide bonds. The number of aromatic nitrogens is 2. The van der Waals surface area contributed by atoms with E-state index >= 15 is 0 Å². The average Bonchev–Trinajstić information content (AvgIpc) is 3.31. The van der Waals surface area contributed by atoms with Crippen LogP contribution in [0.15, 0.2) is 47.8 Å². The number of amides is 2. The molecule has 2 N–H and O–H groups in total. The Labute approximate surface area is 191 Å². The van der Waals surface area contributed by atoms with Gasteiger partial charge in [-0.2, -0.15) is 0 Å². The third-order valence-electron chi connectivity index (χ3n) is 5.59. The predicted octanol–water partition coefficient (Wildman–Crippen LogP) is 3.40. The molecule has 7 nitrogen and oxygen atoms in total. The lowest BCUT2D eigenvalue weighted by Gasteiger charge is -2.40. The number of thiophene rings is 1. The Morgan fingerprint density at radius 2 is 2.03 bits per heavy atom. The summed E-state index contributed by atoms with van der Waals surface area (Å²) >= 11 is 1.68. The lowest BCUT2D eigenvalue weighted by atomic mass is 9.98. The van der Waals surface area contributed by atoms with Crippen molar-refractivity contribution in [3.63, 3.8) is 0 Å². The number of carbonyl (C=O) groups is 2. The van der Waals surface area contributed by atoms with Crippen LogP contribution < -0.4 is 5.73 Å². The number of nitrogens with two attached hydrogens (primary N) is 1. The van der Waals surface area contributed by atoms with Crippen LogP contribution in [-0.4, -0.2) is 57.3 Å². The van der Waals surface area contributed by atoms with Gasteiger partial charge in [-0.25, -0.2) is 9.97 Å². The number of nitrogens with zero attached hydrogens (tertiary/aromatic N) is 4. The third kappa shape index (κ3) is 4.65. The summed E-state index contributed by atoms with van der Waals surface area (Å²) in [7, 11) is 0. The van der Waals surface area contributed by atoms with Crippen LogP contribution in [0.2, 0.25) is 0 Å². The molecule has 1 aromatic carbocycles. The van der Waals surface area contributed by atoms with Gasteiger partial charge in [0, 0.05) is 36.6 Å². The minimum absolute atomic E-state index is 0.0215. The summed E-state index contributed by atoms with van der Waals surface area (Å²) in [6.07, 6.45) is 1.32. The quantitative estimate of drug-likeness (QED) is 0.623. The molecule has 1 aliphatic rings. The first-order valence-electron chi connectivity index (χ1n) is 10.8. The maximum Gasteiger partial charge on any atom is 0.273 e. The Morgan fingerprint density at radius 3 is 2.75 bits per heavy atom. The molecule has 0 radical (unpaired) electrons. The molecule has 2 aromatic heterocycles. The zero-order valence-electron chi connectivity index (χ0n) is 18.3. The highest BCUT2D eigenvalue weighted by atomic mass is 32.1. The van der Waals surface area contributed by atoms with Crippen LogP contribution in [0.25, 0.3) is 10.4 Å². The Balaban J connectivity index is 1.65. The number of aryl methyl sites for hydroxylation is 1. The first-order valence-corrected chi connectivity index (χ1v) is 11.7. The molecule has 1 aliphatic heterocycles. The summed E-state index contributed by atoms with van der Waals surface area (Å²) < 4.78 is 0. The maximum absolute atomic E-state index is 13.4. The van der Waals surface area contributed by atoms with Crippen LogP contribution >= 0.6 is 11.3 Å². The van der Waals surface area contributed by atoms with E-state index in [2.05, 4.69) is 35.1 Å². The van der Waals surface area contributed by atoms with Crippen molar-refractivity contribution in [2.75, 3.05) is 25.4 Å². The molecule has 3 heterocycles. The van der Waals surface area contributed by atoms with Gasteiger partial charge in [-0.15, -0.1) is 11.3 Å². The lowest BCUT2D eigenvalue weighted by molar-refractivity contribution is -0.140. The number of hydrogen-bond acceptors (Lipinski definition) is 6. The van der Waals surface area contributed by atoms with Gasteiger partial charge in [-0.1, -0.05) is 37.3 Å². The molecule has 8 heteroatoms. The van der Waals surface area contributed by atoms with E-state index in [1.807, 2.05) is 28.5 Å². The molecule has 4 rings (SSSR count). The number of carbonyl (C=O) groups excluding carboxylic acids is 2. The van der Waals surface area contributed by atoms with Crippen LogP contribution in [0.5, 0.6) is 0 Å². The van der Waals surface area contributed by atoms with Gasteiger partial charge >= 0.3 is 0 Å². The van der Waals surface area contributed by atoms with Gasteiger partial charge in [-0.05, 0) is 42.0 Å². The SMILES string of the molecule is CCCN1CCN(C(=O)c2cc(C)nc(N)n2)[C@H](Cc2cccc(-c3cccs3)c2)C1=O. The largest absolute Gasteiger partial charge is 0.368 e. The summed E-state index contributed by atoms with van der Waals surface area (Å²) in [6.45, 7) is 5.49. The van der Waals surface area contributed by atoms with Gasteiger partial charge < -0.3 is 15.5 Å². The fourth-order valence-corrected chi connectivity index (χ4v) is 4.86. The second-order valence-corrected chi connectivity index (χ2v) is 8.92. The number of piperazine rings is 1. The number of hydrogen-bond donors (Lipinski definition) is 1. The summed E-state index contributed by atoms with van der Waals surface area (Å²) in [4.78, 5) is 39.6. The minimum atomic E-state index is -0.585. The van der Waals surface area contributed by atoms with Crippen LogP contribution in [0.3, 0.4) is 0 Å². The van der Waals surface area contributed by atoms with Crippen LogP contribution in [0.1, 0.15) is 35.1 Å². The normalized spacial score (nSPS) is 16.4. The molecule has 1 fully saturated rings. The van der Waals surface area contributed by atoms with Gasteiger partial charge in [-0.3, -0.25) is 9.59 Å². The standard InChI is InChI=1S/C24H27N5O2S/c1-3-9-28-10-11-29(22(30)19-13-16(2)26-24(25)27-19)20(23(28)31)15-17-6-4-7-18(14-17)21-8-5-12-32-21/h4-8,12-14,20H,3,9-11,15H2,1-2H3,(H2,25,26,27)/t20-/m1/s1. The van der Waals surface area contributed by atoms with Crippen molar-refractivity contribution >= 4 is 29.1 Å². The van der Waals surface area contributed by atoms with E-state index in [1.165, 1.54) is 4.88 Å². The Kier molecular flexibility index (Phi) is 6.50. The van der Waals surface area contributed by atoms with Gasteiger partial charge in [0.05, 0.1) is 0 Å². The topological polar surface area (TPSA) is 92.4 Å². The molecule has 166 valence electrons. The Bertz CT molecular complexity index is 1100. The maximum atomic E-state index is 13.4. The molecule has 1 saturated heterocycles. The summed E-state index contributed by atoms with van der Waals surface area (Å²) in [5.41, 5.74) is 8.75. The fourth-order valence-electron chi connectivity index (χ4n) is 4.14. The van der Waals surface area contributed by atoms with E-state index in [1.54, 1.807) is 29.2 Å². The molecule has 1 atom stereocenters. The summed E-state index contributed by atoms with van der Waals surface area (Å²) in [5, 5.41) is 2.05. The van der Waals surface area contributed by atoms with E-state index in [9.17, 15) is 9.59 Å². The van der Waals surface area contributed by atoms with E-state index in [0.717, 1.165) is 17.5 Å². The highest BCUT2D eigenvalue weighted by Gasteiger charge is 2.38. The average molecular weight is 450 g/mol. The second-order valence-electron chi connectivity index (χ2n) is 7.97. The molecule has 0 unspecified atom stereocenters. The zero-order chi connectivity index (χ0) is 22.7. The second kappa shape index (κ2) is 9.48. The third-order valence-corrected chi connectivity index (χ3v) is 6.51. The highest BCUT2D eigenvalue weighted by molar-refractivity contribution is 7.13. The summed E-state index contributed by atoms with van der Waals surface area (Å²) in [5.74, 6) is -0.248. The van der Waals surface area contributed by atoms with Crippen molar-refractivity contribution in [1.29, 1.82) is 0 Å². The van der Waals surface area contributed by atoms with Crippen LogP contribution in [0.4, 0.5) is 5.95 Å². The van der Waals surface area contributed by atoms with Crippen molar-refractivity contribution < 1.29 is 9.59 Å². The molecule has 32 heavy (non-hydrogen) atoms. The van der Waals surface area contributed by atoms with Crippen LogP contribution in [0, 0.1) is 6.92 Å². The first-order chi connectivity index (χ1) is 15.5. The number of rotatable bonds is 6. The van der Waals surface area contributed by atoms with Crippen molar-refractivity contribution in [2.45, 2.75) is 32.7 Å². The fraction of sp³-hybridized carbons (Fsp3) is 0.333. The van der Waals surface area contributed by atoms with Crippen molar-refractivity contribution in [3.8, 4) is 10.4 Å². The first kappa shape index (κ1) is 22.0. The lowest BCUT2D eigenvalue weighted by Crippen LogP contribution is -2.59. The van der Waals surface area contributed by atoms with Crippen molar-refractivity contribution in [3.05, 3.63) is 64.8 Å². The molecular weight excluding hydrogens is 422 g/mol. The molecule has 0 spiro atoms. The number of nitrogen functional groups attached to an aromatic ring is 1. The highest BCUT2D eigenvalue weighted by Crippen LogP contribution is 2.27. The Morgan fingerprint density at radius 1 is 1.19 bits per heavy atom. The number of anilines is 1. The molecule has 3 aromatic rings. The molecule has 0 bridgehead atoms. The van der Waals surface area contributed by atoms with E-state index in [-0.39, 0.29) is 23.5 Å². The van der Waals surface area contributed by atoms with Crippen molar-refractivity contribution in [2.24, 2.45) is 0 Å². The zero-order valence-corrected chi connectivity index (χ0v) is 19.1. The van der Waals surface area contributed by atoms with Gasteiger partial charge in [0.25, 0.3) is 5.91 Å². The molecular formula is C24H27N5O2S. The molecule has 0 saturated carbocycles. The van der Waals surface area contributed by atoms with Gasteiger partial charge in [0.2, 0.25) is 11.9 Å². The summed E-state index contributed by atoms with van der Waals surface area (Å²) in [6, 6.07) is 13.3. The van der Waals surface area contributed by atoms with E-state index in [4.69, 9.17) is 5.73 Å². The van der Waals surface area contributed by atoms with Crippen molar-refractivity contribution in [1.82, 2.24) is 19.8 Å². The van der Waals surface area contributed by atoms with E-state index in [0.29, 0.717) is 31.7 Å². The van der Waals surface area contributed by atoms with Gasteiger partial charge in [0.15, 0.2) is 0 Å². The van der Waals surface area contributed by atoms with E-state index < -0.39 is 6.04 Å². The predicted molar refractivity (Wildman–Crippen MR) is 126 cm³/mol. The van der Waals surface area contributed by atoms with Crippen LogP contribution in [-0.2, 0) is 11.2 Å². The smallest absolute Gasteiger partial charge is 0.273 e. The minimum Gasteiger partial charge on any atom is -0.368 e. The number of benzene rings is 1.